The summed E-state index contributed by atoms with van der Waals surface area (Å²) >= 11 is 0. The fourth-order valence-corrected chi connectivity index (χ4v) is 1.39. The van der Waals surface area contributed by atoms with Gasteiger partial charge in [-0.3, -0.25) is 9.59 Å². The van der Waals surface area contributed by atoms with Gasteiger partial charge in [-0.1, -0.05) is 19.1 Å². The summed E-state index contributed by atoms with van der Waals surface area (Å²) in [5, 5.41) is 13.7. The highest BCUT2D eigenvalue weighted by Gasteiger charge is 2.16. The van der Waals surface area contributed by atoms with Gasteiger partial charge in [-0.25, -0.2) is 4.39 Å². The van der Waals surface area contributed by atoms with E-state index >= 15 is 0 Å². The van der Waals surface area contributed by atoms with Crippen molar-refractivity contribution in [2.24, 2.45) is 0 Å². The average molecular weight is 268 g/mol. The number of aliphatic hydroxyl groups excluding tert-OH is 1. The van der Waals surface area contributed by atoms with Crippen molar-refractivity contribution in [3.8, 4) is 0 Å². The van der Waals surface area contributed by atoms with Crippen molar-refractivity contribution in [2.45, 2.75) is 25.9 Å². The summed E-state index contributed by atoms with van der Waals surface area (Å²) in [7, 11) is 0. The van der Waals surface area contributed by atoms with Gasteiger partial charge in [0.25, 0.3) is 0 Å². The van der Waals surface area contributed by atoms with E-state index in [0.717, 1.165) is 0 Å². The van der Waals surface area contributed by atoms with Crippen LogP contribution in [0.25, 0.3) is 0 Å². The molecule has 0 saturated heterocycles. The minimum atomic E-state index is -0.789. The van der Waals surface area contributed by atoms with Gasteiger partial charge in [0, 0.05) is 6.54 Å². The predicted molar refractivity (Wildman–Crippen MR) is 67.6 cm³/mol. The van der Waals surface area contributed by atoms with Gasteiger partial charge in [-0.15, -0.1) is 0 Å². The van der Waals surface area contributed by atoms with E-state index in [-0.39, 0.29) is 19.0 Å². The number of nitrogens with one attached hydrogen (secondary N) is 2. The van der Waals surface area contributed by atoms with Gasteiger partial charge in [0.05, 0.1) is 12.6 Å². The lowest BCUT2D eigenvalue weighted by Gasteiger charge is -2.13. The molecule has 0 radical (unpaired) electrons. The minimum absolute atomic E-state index is 0.141. The molecule has 6 heteroatoms. The fourth-order valence-electron chi connectivity index (χ4n) is 1.39. The Hall–Kier alpha value is -1.95. The van der Waals surface area contributed by atoms with Crippen molar-refractivity contribution in [2.75, 3.05) is 6.61 Å². The maximum Gasteiger partial charge on any atom is 0.309 e. The van der Waals surface area contributed by atoms with Crippen LogP contribution in [0, 0.1) is 5.82 Å². The molecule has 0 saturated carbocycles. The first-order valence-corrected chi connectivity index (χ1v) is 6.00. The third-order valence-electron chi connectivity index (χ3n) is 2.62. The van der Waals surface area contributed by atoms with Crippen molar-refractivity contribution < 1.29 is 19.1 Å². The van der Waals surface area contributed by atoms with E-state index in [2.05, 4.69) is 10.6 Å². The van der Waals surface area contributed by atoms with Gasteiger partial charge in [0.1, 0.15) is 5.82 Å². The van der Waals surface area contributed by atoms with Crippen molar-refractivity contribution in [1.82, 2.24) is 10.6 Å². The number of hydrogen-bond acceptors (Lipinski definition) is 3. The van der Waals surface area contributed by atoms with Crippen LogP contribution in [-0.2, 0) is 16.1 Å². The van der Waals surface area contributed by atoms with Crippen LogP contribution in [0.2, 0.25) is 0 Å². The molecule has 3 N–H and O–H groups in total. The Morgan fingerprint density at radius 1 is 1.26 bits per heavy atom. The van der Waals surface area contributed by atoms with Crippen LogP contribution < -0.4 is 10.6 Å². The number of carbonyl (C=O) groups is 2. The van der Waals surface area contributed by atoms with E-state index in [1.165, 1.54) is 24.3 Å². The smallest absolute Gasteiger partial charge is 0.309 e. The molecule has 104 valence electrons. The normalized spacial score (nSPS) is 11.7. The van der Waals surface area contributed by atoms with Crippen molar-refractivity contribution in [1.29, 1.82) is 0 Å². The Balaban J connectivity index is 2.42. The zero-order valence-corrected chi connectivity index (χ0v) is 10.6. The van der Waals surface area contributed by atoms with Gasteiger partial charge in [0.2, 0.25) is 0 Å². The topological polar surface area (TPSA) is 78.4 Å². The summed E-state index contributed by atoms with van der Waals surface area (Å²) in [5.41, 5.74) is 0.691. The van der Waals surface area contributed by atoms with Gasteiger partial charge in [-0.05, 0) is 24.1 Å². The average Bonchev–Trinajstić information content (AvgIpc) is 2.43. The highest BCUT2D eigenvalue weighted by molar-refractivity contribution is 6.35. The molecule has 0 spiro atoms. The summed E-state index contributed by atoms with van der Waals surface area (Å²) in [4.78, 5) is 22.9. The number of benzene rings is 1. The molecule has 0 heterocycles. The van der Waals surface area contributed by atoms with Crippen LogP contribution in [0.1, 0.15) is 18.9 Å². The molecule has 19 heavy (non-hydrogen) atoms. The number of rotatable bonds is 5. The van der Waals surface area contributed by atoms with Crippen LogP contribution in [0.15, 0.2) is 24.3 Å². The van der Waals surface area contributed by atoms with Crippen molar-refractivity contribution >= 4 is 11.8 Å². The zero-order chi connectivity index (χ0) is 14.3. The maximum absolute atomic E-state index is 12.7. The number of carbonyl (C=O) groups excluding carboxylic acids is 2. The SMILES string of the molecule is CC[C@H](CO)NC(=O)C(=O)NCc1ccc(F)cc1. The summed E-state index contributed by atoms with van der Waals surface area (Å²) < 4.78 is 12.7. The lowest BCUT2D eigenvalue weighted by Crippen LogP contribution is -2.45. The number of amides is 2. The molecule has 0 aliphatic rings. The third-order valence-corrected chi connectivity index (χ3v) is 2.62. The van der Waals surface area contributed by atoms with Gasteiger partial charge in [-0.2, -0.15) is 0 Å². The first-order valence-electron chi connectivity index (χ1n) is 6.00. The van der Waals surface area contributed by atoms with E-state index in [1.807, 2.05) is 0 Å². The molecule has 1 aromatic rings. The number of halogens is 1. The summed E-state index contributed by atoms with van der Waals surface area (Å²) in [5.74, 6) is -1.93. The highest BCUT2D eigenvalue weighted by atomic mass is 19.1. The second-order valence-electron chi connectivity index (χ2n) is 4.07. The first kappa shape index (κ1) is 15.1. The molecule has 0 bridgehead atoms. The molecule has 2 amide bonds. The van der Waals surface area contributed by atoms with E-state index in [0.29, 0.717) is 12.0 Å². The van der Waals surface area contributed by atoms with Crippen LogP contribution in [0.4, 0.5) is 4.39 Å². The molecule has 1 atom stereocenters. The van der Waals surface area contributed by atoms with Crippen LogP contribution in [0.3, 0.4) is 0 Å². The number of hydrogen-bond donors (Lipinski definition) is 3. The van der Waals surface area contributed by atoms with Gasteiger partial charge < -0.3 is 15.7 Å². The molecule has 0 fully saturated rings. The van der Waals surface area contributed by atoms with Crippen LogP contribution in [-0.4, -0.2) is 29.6 Å². The summed E-state index contributed by atoms with van der Waals surface area (Å²) in [6.45, 7) is 1.72. The van der Waals surface area contributed by atoms with E-state index < -0.39 is 17.9 Å². The lowest BCUT2D eigenvalue weighted by molar-refractivity contribution is -0.139. The first-order chi connectivity index (χ1) is 9.06. The quantitative estimate of drug-likeness (QED) is 0.673. The summed E-state index contributed by atoms with van der Waals surface area (Å²) in [6, 6.07) is 5.18. The second kappa shape index (κ2) is 7.48. The highest BCUT2D eigenvalue weighted by Crippen LogP contribution is 2.01. The third kappa shape index (κ3) is 5.05. The molecule has 1 aromatic carbocycles. The van der Waals surface area contributed by atoms with Crippen molar-refractivity contribution in [3.63, 3.8) is 0 Å². The molecular weight excluding hydrogens is 251 g/mol. The molecule has 0 aromatic heterocycles. The van der Waals surface area contributed by atoms with Crippen LogP contribution >= 0.6 is 0 Å². The standard InChI is InChI=1S/C13H17FN2O3/c1-2-11(8-17)16-13(19)12(18)15-7-9-3-5-10(14)6-4-9/h3-6,11,17H,2,7-8H2,1H3,(H,15,18)(H,16,19)/t11-/m1/s1. The Morgan fingerprint density at radius 2 is 1.89 bits per heavy atom. The predicted octanol–water partition coefficient (Wildman–Crippen LogP) is 0.329. The van der Waals surface area contributed by atoms with Gasteiger partial charge in [0.15, 0.2) is 0 Å². The Kier molecular flexibility index (Phi) is 5.95. The maximum atomic E-state index is 12.7. The Bertz CT molecular complexity index is 430. The van der Waals surface area contributed by atoms with Gasteiger partial charge >= 0.3 is 11.8 Å². The largest absolute Gasteiger partial charge is 0.394 e. The van der Waals surface area contributed by atoms with Crippen molar-refractivity contribution in [3.05, 3.63) is 35.6 Å². The molecule has 0 unspecified atom stereocenters. The molecule has 1 rings (SSSR count). The van der Waals surface area contributed by atoms with E-state index in [9.17, 15) is 14.0 Å². The number of aliphatic hydroxyl groups is 1. The second-order valence-corrected chi connectivity index (χ2v) is 4.07. The molecule has 5 nitrogen and oxygen atoms in total. The Morgan fingerprint density at radius 3 is 2.42 bits per heavy atom. The fraction of sp³-hybridized carbons (Fsp3) is 0.385. The monoisotopic (exact) mass is 268 g/mol. The molecule has 0 aliphatic carbocycles. The minimum Gasteiger partial charge on any atom is -0.394 e. The van der Waals surface area contributed by atoms with Crippen LogP contribution in [0.5, 0.6) is 0 Å². The molecular formula is C13H17FN2O3. The van der Waals surface area contributed by atoms with E-state index in [1.54, 1.807) is 6.92 Å². The molecule has 0 aliphatic heterocycles. The Labute approximate surface area is 110 Å². The lowest BCUT2D eigenvalue weighted by atomic mass is 10.2. The summed E-state index contributed by atoms with van der Waals surface area (Å²) in [6.07, 6.45) is 0.535. The van der Waals surface area contributed by atoms with E-state index in [4.69, 9.17) is 5.11 Å². The zero-order valence-electron chi connectivity index (χ0n) is 10.6.